The Kier molecular flexibility index (Phi) is 4.05. The molecule has 3 unspecified atom stereocenters. The van der Waals surface area contributed by atoms with Crippen molar-refractivity contribution >= 4 is 49.8 Å². The number of rotatable bonds is 2. The van der Waals surface area contributed by atoms with Crippen molar-refractivity contribution < 1.29 is 13.0 Å². The Morgan fingerprint density at radius 3 is 2.60 bits per heavy atom. The first kappa shape index (κ1) is 18.4. The molecule has 3 aliphatic rings. The molecule has 6 rings (SSSR count). The smallest absolute Gasteiger partial charge is 0.217 e. The SMILES string of the molecule is O=S1(=O)CNc2cc(C3Nc4cc(C5Nc6ccccc6S5)ccc4[S+]3[O-])ccc21. The van der Waals surface area contributed by atoms with Crippen molar-refractivity contribution in [2.24, 2.45) is 0 Å². The molecule has 0 fully saturated rings. The van der Waals surface area contributed by atoms with Gasteiger partial charge in [-0.1, -0.05) is 36.0 Å². The van der Waals surface area contributed by atoms with Gasteiger partial charge in [0, 0.05) is 27.3 Å². The van der Waals surface area contributed by atoms with Gasteiger partial charge in [-0.2, -0.15) is 0 Å². The van der Waals surface area contributed by atoms with Crippen molar-refractivity contribution in [2.75, 3.05) is 21.8 Å². The van der Waals surface area contributed by atoms with Crippen LogP contribution in [-0.4, -0.2) is 18.8 Å². The molecule has 0 aliphatic carbocycles. The average molecular weight is 456 g/mol. The Morgan fingerprint density at radius 1 is 0.933 bits per heavy atom. The number of hydrogen-bond donors (Lipinski definition) is 3. The summed E-state index contributed by atoms with van der Waals surface area (Å²) in [6.07, 6.45) is 0. The van der Waals surface area contributed by atoms with E-state index >= 15 is 0 Å². The van der Waals surface area contributed by atoms with Gasteiger partial charge in [-0.15, -0.1) is 0 Å². The highest BCUT2D eigenvalue weighted by molar-refractivity contribution is 8.00. The Morgan fingerprint density at radius 2 is 1.73 bits per heavy atom. The molecule has 3 aliphatic heterocycles. The lowest BCUT2D eigenvalue weighted by Crippen LogP contribution is -2.13. The molecule has 0 radical (unpaired) electrons. The zero-order valence-corrected chi connectivity index (χ0v) is 18.0. The second-order valence-electron chi connectivity index (χ2n) is 7.41. The maximum Gasteiger partial charge on any atom is 0.217 e. The molecular formula is C21H17N3O3S3. The molecule has 0 amide bonds. The van der Waals surface area contributed by atoms with E-state index in [-0.39, 0.29) is 11.3 Å². The van der Waals surface area contributed by atoms with Crippen LogP contribution in [0.2, 0.25) is 0 Å². The molecule has 9 heteroatoms. The topological polar surface area (TPSA) is 93.3 Å². The number of thioether (sulfide) groups is 1. The Labute approximate surface area is 181 Å². The van der Waals surface area contributed by atoms with Gasteiger partial charge in [0.2, 0.25) is 5.37 Å². The summed E-state index contributed by atoms with van der Waals surface area (Å²) in [5, 5.41) is 9.53. The van der Waals surface area contributed by atoms with Crippen molar-refractivity contribution in [3.05, 3.63) is 71.8 Å². The maximum absolute atomic E-state index is 13.1. The fraction of sp³-hybridized carbons (Fsp3) is 0.143. The lowest BCUT2D eigenvalue weighted by Gasteiger charge is -2.14. The van der Waals surface area contributed by atoms with E-state index in [0.717, 1.165) is 27.4 Å². The van der Waals surface area contributed by atoms with E-state index in [4.69, 9.17) is 0 Å². The molecule has 0 aromatic heterocycles. The van der Waals surface area contributed by atoms with E-state index in [1.54, 1.807) is 30.0 Å². The minimum atomic E-state index is -3.27. The van der Waals surface area contributed by atoms with E-state index in [2.05, 4.69) is 34.1 Å². The van der Waals surface area contributed by atoms with E-state index in [9.17, 15) is 13.0 Å². The van der Waals surface area contributed by atoms with Gasteiger partial charge in [0.25, 0.3) is 0 Å². The average Bonchev–Trinajstić information content (AvgIpc) is 3.41. The highest BCUT2D eigenvalue weighted by Gasteiger charge is 2.38. The third-order valence-electron chi connectivity index (χ3n) is 5.54. The van der Waals surface area contributed by atoms with Gasteiger partial charge >= 0.3 is 0 Å². The van der Waals surface area contributed by atoms with Crippen molar-refractivity contribution in [2.45, 2.75) is 25.4 Å². The van der Waals surface area contributed by atoms with E-state index < -0.39 is 26.4 Å². The van der Waals surface area contributed by atoms with Crippen LogP contribution in [0.15, 0.2) is 75.4 Å². The van der Waals surface area contributed by atoms with E-state index in [1.165, 1.54) is 4.90 Å². The number of anilines is 3. The molecule has 6 nitrogen and oxygen atoms in total. The van der Waals surface area contributed by atoms with Gasteiger partial charge < -0.3 is 20.5 Å². The Balaban J connectivity index is 1.29. The highest BCUT2D eigenvalue weighted by atomic mass is 32.2. The van der Waals surface area contributed by atoms with Gasteiger partial charge in [-0.05, 0) is 42.0 Å². The summed E-state index contributed by atoms with van der Waals surface area (Å²) in [6, 6.07) is 19.4. The number of sulfone groups is 1. The second kappa shape index (κ2) is 6.58. The number of hydrogen-bond acceptors (Lipinski definition) is 7. The van der Waals surface area contributed by atoms with Crippen LogP contribution >= 0.6 is 11.8 Å². The van der Waals surface area contributed by atoms with Gasteiger partial charge in [0.15, 0.2) is 14.7 Å². The van der Waals surface area contributed by atoms with Crippen molar-refractivity contribution in [1.82, 2.24) is 0 Å². The molecule has 3 N–H and O–H groups in total. The van der Waals surface area contributed by atoms with Crippen LogP contribution in [0.25, 0.3) is 0 Å². The largest absolute Gasteiger partial charge is 0.609 e. The standard InChI is InChI=1S/C21H17N3O3S3/c25-29-18-7-5-12(20-23-14-3-1-2-4-17(14)28-20)9-15(18)24-21(29)13-6-8-19-16(10-13)22-11-30(19,26)27/h1-10,20-24H,11H2. The van der Waals surface area contributed by atoms with Crippen LogP contribution in [0.3, 0.4) is 0 Å². The zero-order valence-electron chi connectivity index (χ0n) is 15.6. The van der Waals surface area contributed by atoms with Crippen LogP contribution < -0.4 is 16.0 Å². The molecule has 0 bridgehead atoms. The minimum absolute atomic E-state index is 0.0923. The molecule has 0 spiro atoms. The first-order valence-electron chi connectivity index (χ1n) is 9.43. The second-order valence-corrected chi connectivity index (χ2v) is 12.0. The molecule has 3 atom stereocenters. The summed E-state index contributed by atoms with van der Waals surface area (Å²) in [4.78, 5) is 2.29. The third-order valence-corrected chi connectivity index (χ3v) is 9.93. The molecule has 0 saturated heterocycles. The predicted molar refractivity (Wildman–Crippen MR) is 120 cm³/mol. The summed E-state index contributed by atoms with van der Waals surface area (Å²) in [6.45, 7) is 0. The lowest BCUT2D eigenvalue weighted by atomic mass is 10.1. The Hall–Kier alpha value is -2.33. The van der Waals surface area contributed by atoms with Crippen molar-refractivity contribution in [1.29, 1.82) is 0 Å². The zero-order chi connectivity index (χ0) is 20.5. The van der Waals surface area contributed by atoms with Crippen LogP contribution in [0.5, 0.6) is 0 Å². The van der Waals surface area contributed by atoms with E-state index in [1.807, 2.05) is 24.3 Å². The van der Waals surface area contributed by atoms with Crippen molar-refractivity contribution in [3.8, 4) is 0 Å². The number of para-hydroxylation sites is 1. The molecule has 3 heterocycles. The lowest BCUT2D eigenvalue weighted by molar-refractivity contribution is 0.591. The first-order chi connectivity index (χ1) is 14.5. The van der Waals surface area contributed by atoms with Crippen LogP contribution in [0.1, 0.15) is 21.9 Å². The Bertz CT molecular complexity index is 1270. The van der Waals surface area contributed by atoms with Gasteiger partial charge in [0.05, 0.1) is 16.3 Å². The first-order valence-corrected chi connectivity index (χ1v) is 13.2. The summed E-state index contributed by atoms with van der Waals surface area (Å²) in [7, 11) is -3.27. The monoisotopic (exact) mass is 455 g/mol. The maximum atomic E-state index is 13.1. The van der Waals surface area contributed by atoms with Crippen LogP contribution in [-0.2, 0) is 21.0 Å². The predicted octanol–water partition coefficient (Wildman–Crippen LogP) is 4.29. The van der Waals surface area contributed by atoms with E-state index in [0.29, 0.717) is 10.6 Å². The quantitative estimate of drug-likeness (QED) is 0.496. The third kappa shape index (κ3) is 2.80. The number of fused-ring (bicyclic) bond motifs is 3. The summed E-state index contributed by atoms with van der Waals surface area (Å²) in [5.41, 5.74) is 4.47. The molecule has 0 saturated carbocycles. The minimum Gasteiger partial charge on any atom is -0.609 e. The fourth-order valence-corrected chi connectivity index (χ4v) is 7.83. The summed E-state index contributed by atoms with van der Waals surface area (Å²) >= 11 is 0.499. The molecule has 30 heavy (non-hydrogen) atoms. The molecule has 3 aromatic rings. The van der Waals surface area contributed by atoms with Gasteiger partial charge in [0.1, 0.15) is 11.3 Å². The van der Waals surface area contributed by atoms with Crippen LogP contribution in [0.4, 0.5) is 17.1 Å². The number of nitrogens with one attached hydrogen (secondary N) is 3. The molecule has 152 valence electrons. The fourth-order valence-electron chi connectivity index (χ4n) is 4.04. The van der Waals surface area contributed by atoms with Gasteiger partial charge in [-0.25, -0.2) is 8.42 Å². The normalized spacial score (nSPS) is 24.9. The highest BCUT2D eigenvalue weighted by Crippen LogP contribution is 2.49. The van der Waals surface area contributed by atoms with Crippen molar-refractivity contribution in [3.63, 3.8) is 0 Å². The number of benzene rings is 3. The summed E-state index contributed by atoms with van der Waals surface area (Å²) < 4.78 is 37.2. The summed E-state index contributed by atoms with van der Waals surface area (Å²) in [5.74, 6) is -0.0923. The van der Waals surface area contributed by atoms with Gasteiger partial charge in [-0.3, -0.25) is 0 Å². The molecule has 3 aromatic carbocycles. The molecular weight excluding hydrogens is 438 g/mol. The van der Waals surface area contributed by atoms with Crippen LogP contribution in [0, 0.1) is 0 Å².